The molecular weight excluding hydrogens is 160 g/mol. The van der Waals surface area contributed by atoms with Gasteiger partial charge in [0.05, 0.1) is 12.4 Å². The zero-order valence-electron chi connectivity index (χ0n) is 6.48. The average molecular weight is 169 g/mol. The van der Waals surface area contributed by atoms with E-state index in [2.05, 4.69) is 5.32 Å². The standard InChI is InChI=1S/C9H9F2N/c10-4-6-5-12-9-7(6)2-1-3-8(9)11/h1-3,6,12H,4-5H2. The quantitative estimate of drug-likeness (QED) is 0.680. The van der Waals surface area contributed by atoms with Crippen molar-refractivity contribution in [2.24, 2.45) is 0 Å². The van der Waals surface area contributed by atoms with Crippen LogP contribution in [-0.2, 0) is 0 Å². The van der Waals surface area contributed by atoms with E-state index in [-0.39, 0.29) is 11.7 Å². The highest BCUT2D eigenvalue weighted by Crippen LogP contribution is 2.33. The molecule has 1 unspecified atom stereocenters. The second-order valence-corrected chi connectivity index (χ2v) is 2.94. The van der Waals surface area contributed by atoms with Gasteiger partial charge in [0, 0.05) is 12.5 Å². The first-order chi connectivity index (χ1) is 5.83. The minimum atomic E-state index is -0.427. The number of para-hydroxylation sites is 1. The molecule has 1 aromatic carbocycles. The monoisotopic (exact) mass is 169 g/mol. The van der Waals surface area contributed by atoms with Gasteiger partial charge < -0.3 is 5.32 Å². The average Bonchev–Trinajstić information content (AvgIpc) is 2.49. The molecule has 0 aromatic heterocycles. The van der Waals surface area contributed by atoms with E-state index >= 15 is 0 Å². The lowest BCUT2D eigenvalue weighted by Crippen LogP contribution is -2.03. The van der Waals surface area contributed by atoms with Crippen molar-refractivity contribution in [2.75, 3.05) is 18.5 Å². The highest BCUT2D eigenvalue weighted by molar-refractivity contribution is 5.58. The maximum Gasteiger partial charge on any atom is 0.146 e. The summed E-state index contributed by atoms with van der Waals surface area (Å²) >= 11 is 0. The number of hydrogen-bond donors (Lipinski definition) is 1. The van der Waals surface area contributed by atoms with Crippen LogP contribution in [0.4, 0.5) is 14.5 Å². The predicted octanol–water partition coefficient (Wildman–Crippen LogP) is 2.30. The largest absolute Gasteiger partial charge is 0.382 e. The topological polar surface area (TPSA) is 12.0 Å². The van der Waals surface area contributed by atoms with Crippen LogP contribution in [0.25, 0.3) is 0 Å². The summed E-state index contributed by atoms with van der Waals surface area (Å²) in [6.07, 6.45) is 0. The fourth-order valence-electron chi connectivity index (χ4n) is 1.54. The third kappa shape index (κ3) is 0.967. The zero-order valence-corrected chi connectivity index (χ0v) is 6.48. The molecule has 0 fully saturated rings. The number of nitrogens with one attached hydrogen (secondary N) is 1. The van der Waals surface area contributed by atoms with Gasteiger partial charge in [-0.1, -0.05) is 12.1 Å². The van der Waals surface area contributed by atoms with Crippen molar-refractivity contribution in [3.63, 3.8) is 0 Å². The molecule has 1 aliphatic rings. The lowest BCUT2D eigenvalue weighted by Gasteiger charge is -2.02. The molecule has 1 heterocycles. The second kappa shape index (κ2) is 2.73. The van der Waals surface area contributed by atoms with E-state index in [0.717, 1.165) is 5.56 Å². The fraction of sp³-hybridized carbons (Fsp3) is 0.333. The Morgan fingerprint density at radius 1 is 1.50 bits per heavy atom. The molecule has 0 saturated carbocycles. The summed E-state index contributed by atoms with van der Waals surface area (Å²) in [4.78, 5) is 0. The van der Waals surface area contributed by atoms with Gasteiger partial charge in [0.25, 0.3) is 0 Å². The van der Waals surface area contributed by atoms with Gasteiger partial charge in [-0.2, -0.15) is 0 Å². The molecule has 1 aromatic rings. The molecule has 2 rings (SSSR count). The van der Waals surface area contributed by atoms with E-state index in [1.54, 1.807) is 12.1 Å². The highest BCUT2D eigenvalue weighted by atomic mass is 19.1. The highest BCUT2D eigenvalue weighted by Gasteiger charge is 2.23. The minimum Gasteiger partial charge on any atom is -0.382 e. The van der Waals surface area contributed by atoms with Crippen LogP contribution in [0.15, 0.2) is 18.2 Å². The van der Waals surface area contributed by atoms with Gasteiger partial charge >= 0.3 is 0 Å². The normalized spacial score (nSPS) is 20.3. The lowest BCUT2D eigenvalue weighted by atomic mass is 10.0. The van der Waals surface area contributed by atoms with Gasteiger partial charge in [-0.15, -0.1) is 0 Å². The van der Waals surface area contributed by atoms with Crippen molar-refractivity contribution in [3.8, 4) is 0 Å². The summed E-state index contributed by atoms with van der Waals surface area (Å²) in [6, 6.07) is 4.76. The third-order valence-corrected chi connectivity index (χ3v) is 2.20. The van der Waals surface area contributed by atoms with Crippen LogP contribution in [0.3, 0.4) is 0 Å². The van der Waals surface area contributed by atoms with Crippen LogP contribution in [-0.4, -0.2) is 13.2 Å². The molecule has 1 aliphatic heterocycles. The van der Waals surface area contributed by atoms with E-state index in [9.17, 15) is 8.78 Å². The Morgan fingerprint density at radius 2 is 2.33 bits per heavy atom. The van der Waals surface area contributed by atoms with Crippen molar-refractivity contribution in [1.29, 1.82) is 0 Å². The Hall–Kier alpha value is -1.12. The molecule has 0 radical (unpaired) electrons. The summed E-state index contributed by atoms with van der Waals surface area (Å²) in [6.45, 7) is 0.0796. The van der Waals surface area contributed by atoms with Crippen molar-refractivity contribution in [2.45, 2.75) is 5.92 Å². The molecule has 0 aliphatic carbocycles. The van der Waals surface area contributed by atoms with Crippen LogP contribution in [0.1, 0.15) is 11.5 Å². The summed E-state index contributed by atoms with van der Waals surface area (Å²) in [5.41, 5.74) is 1.23. The Bertz CT molecular complexity index is 299. The van der Waals surface area contributed by atoms with Crippen molar-refractivity contribution >= 4 is 5.69 Å². The molecule has 3 heteroatoms. The van der Waals surface area contributed by atoms with Crippen molar-refractivity contribution in [1.82, 2.24) is 0 Å². The Balaban J connectivity index is 2.46. The molecule has 0 amide bonds. The molecule has 0 bridgehead atoms. The van der Waals surface area contributed by atoms with E-state index in [1.165, 1.54) is 6.07 Å². The van der Waals surface area contributed by atoms with E-state index in [4.69, 9.17) is 0 Å². The smallest absolute Gasteiger partial charge is 0.146 e. The van der Waals surface area contributed by atoms with E-state index in [1.807, 2.05) is 0 Å². The number of hydrogen-bond acceptors (Lipinski definition) is 1. The third-order valence-electron chi connectivity index (χ3n) is 2.20. The number of fused-ring (bicyclic) bond motifs is 1. The number of benzene rings is 1. The lowest BCUT2D eigenvalue weighted by molar-refractivity contribution is 0.446. The van der Waals surface area contributed by atoms with Gasteiger partial charge in [0.15, 0.2) is 0 Å². The molecule has 1 N–H and O–H groups in total. The molecule has 1 atom stereocenters. The van der Waals surface area contributed by atoms with Crippen LogP contribution >= 0.6 is 0 Å². The molecule has 64 valence electrons. The van der Waals surface area contributed by atoms with Gasteiger partial charge in [-0.25, -0.2) is 4.39 Å². The first kappa shape index (κ1) is 7.53. The zero-order chi connectivity index (χ0) is 8.55. The first-order valence-electron chi connectivity index (χ1n) is 3.91. The first-order valence-corrected chi connectivity index (χ1v) is 3.91. The van der Waals surface area contributed by atoms with Gasteiger partial charge in [0.2, 0.25) is 0 Å². The summed E-state index contributed by atoms with van der Waals surface area (Å²) < 4.78 is 25.4. The molecular formula is C9H9F2N. The SMILES string of the molecule is FCC1CNc2c(F)cccc21. The summed E-state index contributed by atoms with van der Waals surface area (Å²) in [5, 5.41) is 2.85. The van der Waals surface area contributed by atoms with Crippen LogP contribution in [0.5, 0.6) is 0 Å². The number of anilines is 1. The van der Waals surface area contributed by atoms with Crippen molar-refractivity contribution in [3.05, 3.63) is 29.6 Å². The molecule has 1 nitrogen and oxygen atoms in total. The molecule has 0 saturated heterocycles. The summed E-state index contributed by atoms with van der Waals surface area (Å²) in [7, 11) is 0. The maximum atomic E-state index is 13.0. The van der Waals surface area contributed by atoms with Gasteiger partial charge in [-0.05, 0) is 11.6 Å². The Labute approximate surface area is 69.4 Å². The van der Waals surface area contributed by atoms with Gasteiger partial charge in [-0.3, -0.25) is 4.39 Å². The Kier molecular flexibility index (Phi) is 1.71. The molecule has 12 heavy (non-hydrogen) atoms. The van der Waals surface area contributed by atoms with Crippen LogP contribution < -0.4 is 5.32 Å². The summed E-state index contributed by atoms with van der Waals surface area (Å²) in [5.74, 6) is -0.459. The van der Waals surface area contributed by atoms with E-state index in [0.29, 0.717) is 12.2 Å². The number of rotatable bonds is 1. The van der Waals surface area contributed by atoms with E-state index < -0.39 is 6.67 Å². The van der Waals surface area contributed by atoms with Gasteiger partial charge in [0.1, 0.15) is 5.82 Å². The van der Waals surface area contributed by atoms with Crippen LogP contribution in [0, 0.1) is 5.82 Å². The number of halogens is 2. The maximum absolute atomic E-state index is 13.0. The fourth-order valence-corrected chi connectivity index (χ4v) is 1.54. The molecule has 0 spiro atoms. The van der Waals surface area contributed by atoms with Crippen molar-refractivity contribution < 1.29 is 8.78 Å². The second-order valence-electron chi connectivity index (χ2n) is 2.94. The van der Waals surface area contributed by atoms with Crippen LogP contribution in [0.2, 0.25) is 0 Å². The number of alkyl halides is 1. The minimum absolute atomic E-state index is 0.171. The Morgan fingerprint density at radius 3 is 3.08 bits per heavy atom. The predicted molar refractivity (Wildman–Crippen MR) is 43.6 cm³/mol.